The number of amides is 1. The Kier molecular flexibility index (Phi) is 6.55. The molecule has 1 amide bonds. The van der Waals surface area contributed by atoms with Crippen LogP contribution in [0.25, 0.3) is 0 Å². The zero-order chi connectivity index (χ0) is 19.3. The van der Waals surface area contributed by atoms with Gasteiger partial charge < -0.3 is 10.1 Å². The highest BCUT2D eigenvalue weighted by Gasteiger charge is 2.19. The molecule has 2 aromatic carbocycles. The number of hydrogen-bond donors (Lipinski definition) is 2. The molecule has 0 unspecified atom stereocenters. The van der Waals surface area contributed by atoms with E-state index in [-0.39, 0.29) is 16.7 Å². The third-order valence-electron chi connectivity index (χ3n) is 3.61. The Bertz CT molecular complexity index is 896. The third-order valence-corrected chi connectivity index (χ3v) is 5.77. The van der Waals surface area contributed by atoms with Gasteiger partial charge in [0.05, 0.1) is 23.4 Å². The van der Waals surface area contributed by atoms with Crippen molar-refractivity contribution < 1.29 is 17.9 Å². The van der Waals surface area contributed by atoms with Crippen molar-refractivity contribution in [1.82, 2.24) is 0 Å². The number of hydrogen-bond acceptors (Lipinski definition) is 5. The van der Waals surface area contributed by atoms with Gasteiger partial charge >= 0.3 is 0 Å². The van der Waals surface area contributed by atoms with Crippen molar-refractivity contribution in [3.63, 3.8) is 0 Å². The van der Waals surface area contributed by atoms with Crippen molar-refractivity contribution in [1.29, 1.82) is 0 Å². The predicted molar refractivity (Wildman–Crippen MR) is 105 cm³/mol. The van der Waals surface area contributed by atoms with E-state index in [1.807, 2.05) is 6.26 Å². The molecule has 0 radical (unpaired) electrons. The fourth-order valence-electron chi connectivity index (χ4n) is 2.16. The number of thioether (sulfide) groups is 1. The fraction of sp³-hybridized carbons (Fsp3) is 0.278. The lowest BCUT2D eigenvalue weighted by atomic mass is 10.2. The summed E-state index contributed by atoms with van der Waals surface area (Å²) in [6.07, 6.45) is 1.86. The molecular formula is C18H22N2O4S2. The molecular weight excluding hydrogens is 372 g/mol. The van der Waals surface area contributed by atoms with Crippen molar-refractivity contribution in [3.8, 4) is 5.75 Å². The Balaban J connectivity index is 2.38. The molecule has 0 saturated carbocycles. The summed E-state index contributed by atoms with van der Waals surface area (Å²) in [4.78, 5) is 12.9. The molecule has 0 aromatic heterocycles. The van der Waals surface area contributed by atoms with Crippen LogP contribution in [0.15, 0.2) is 52.3 Å². The van der Waals surface area contributed by atoms with E-state index in [1.54, 1.807) is 44.2 Å². The molecule has 0 aliphatic rings. The lowest BCUT2D eigenvalue weighted by Gasteiger charge is -2.15. The van der Waals surface area contributed by atoms with Gasteiger partial charge in [0.2, 0.25) is 5.91 Å². The first-order valence-corrected chi connectivity index (χ1v) is 10.6. The highest BCUT2D eigenvalue weighted by atomic mass is 32.2. The van der Waals surface area contributed by atoms with Gasteiger partial charge in [-0.05, 0) is 36.6 Å². The number of carbonyl (C=O) groups is 1. The predicted octanol–water partition coefficient (Wildman–Crippen LogP) is 3.81. The van der Waals surface area contributed by atoms with Crippen LogP contribution in [0.4, 0.5) is 11.4 Å². The van der Waals surface area contributed by atoms with Crippen LogP contribution in [0.2, 0.25) is 0 Å². The van der Waals surface area contributed by atoms with E-state index in [0.717, 1.165) is 4.90 Å². The number of rotatable bonds is 7. The van der Waals surface area contributed by atoms with Crippen molar-refractivity contribution in [3.05, 3.63) is 42.5 Å². The molecule has 0 spiro atoms. The van der Waals surface area contributed by atoms with E-state index in [1.165, 1.54) is 31.0 Å². The van der Waals surface area contributed by atoms with Crippen LogP contribution in [-0.2, 0) is 14.8 Å². The number of nitrogens with one attached hydrogen (secondary N) is 2. The lowest BCUT2D eigenvalue weighted by Crippen LogP contribution is -2.19. The molecule has 0 fully saturated rings. The molecule has 2 aromatic rings. The van der Waals surface area contributed by atoms with E-state index in [2.05, 4.69) is 10.0 Å². The van der Waals surface area contributed by atoms with Gasteiger partial charge in [-0.3, -0.25) is 9.52 Å². The van der Waals surface area contributed by atoms with Gasteiger partial charge in [0.15, 0.2) is 0 Å². The molecule has 140 valence electrons. The SMILES string of the molecule is COc1ccccc1NS(=O)(=O)c1ccc(SC)c(NC(=O)C(C)C)c1. The van der Waals surface area contributed by atoms with E-state index in [4.69, 9.17) is 4.74 Å². The second kappa shape index (κ2) is 8.46. The second-order valence-electron chi connectivity index (χ2n) is 5.81. The van der Waals surface area contributed by atoms with E-state index < -0.39 is 10.0 Å². The van der Waals surface area contributed by atoms with Crippen LogP contribution in [0.5, 0.6) is 5.75 Å². The maximum atomic E-state index is 12.8. The van der Waals surface area contributed by atoms with Gasteiger partial charge in [-0.2, -0.15) is 0 Å². The minimum absolute atomic E-state index is 0.0558. The van der Waals surface area contributed by atoms with Crippen LogP contribution < -0.4 is 14.8 Å². The molecule has 0 saturated heterocycles. The highest BCUT2D eigenvalue weighted by molar-refractivity contribution is 7.98. The molecule has 2 rings (SSSR count). The van der Waals surface area contributed by atoms with Crippen molar-refractivity contribution in [2.75, 3.05) is 23.4 Å². The van der Waals surface area contributed by atoms with Gasteiger partial charge in [-0.1, -0.05) is 26.0 Å². The number of benzene rings is 2. The smallest absolute Gasteiger partial charge is 0.262 e. The highest BCUT2D eigenvalue weighted by Crippen LogP contribution is 2.31. The van der Waals surface area contributed by atoms with Crippen molar-refractivity contribution in [2.45, 2.75) is 23.6 Å². The first kappa shape index (κ1) is 20.1. The average molecular weight is 395 g/mol. The van der Waals surface area contributed by atoms with Crippen LogP contribution in [0.3, 0.4) is 0 Å². The summed E-state index contributed by atoms with van der Waals surface area (Å²) in [6.45, 7) is 3.55. The average Bonchev–Trinajstić information content (AvgIpc) is 2.61. The lowest BCUT2D eigenvalue weighted by molar-refractivity contribution is -0.118. The zero-order valence-electron chi connectivity index (χ0n) is 15.1. The summed E-state index contributed by atoms with van der Waals surface area (Å²) >= 11 is 1.43. The van der Waals surface area contributed by atoms with Gasteiger partial charge in [-0.15, -0.1) is 11.8 Å². The second-order valence-corrected chi connectivity index (χ2v) is 8.34. The standard InChI is InChI=1S/C18H22N2O4S2/c1-12(2)18(21)19-15-11-13(9-10-17(15)25-4)26(22,23)20-14-7-5-6-8-16(14)24-3/h5-12,20H,1-4H3,(H,19,21). The maximum Gasteiger partial charge on any atom is 0.262 e. The Hall–Kier alpha value is -2.19. The number of para-hydroxylation sites is 2. The minimum atomic E-state index is -3.84. The summed E-state index contributed by atoms with van der Waals surface area (Å²) in [7, 11) is -2.37. The summed E-state index contributed by atoms with van der Waals surface area (Å²) in [5.41, 5.74) is 0.816. The van der Waals surface area contributed by atoms with Gasteiger partial charge in [0.1, 0.15) is 5.75 Å². The summed E-state index contributed by atoms with van der Waals surface area (Å²) in [6, 6.07) is 11.4. The molecule has 0 atom stereocenters. The Morgan fingerprint density at radius 3 is 2.42 bits per heavy atom. The molecule has 0 aliphatic carbocycles. The quantitative estimate of drug-likeness (QED) is 0.698. The summed E-state index contributed by atoms with van der Waals surface area (Å²) < 4.78 is 33.2. The molecule has 6 nitrogen and oxygen atoms in total. The fourth-order valence-corrected chi connectivity index (χ4v) is 3.79. The molecule has 0 aliphatic heterocycles. The van der Waals surface area contributed by atoms with Crippen LogP contribution >= 0.6 is 11.8 Å². The number of methoxy groups -OCH3 is 1. The van der Waals surface area contributed by atoms with Gasteiger partial charge in [0, 0.05) is 10.8 Å². The van der Waals surface area contributed by atoms with E-state index in [0.29, 0.717) is 17.1 Å². The van der Waals surface area contributed by atoms with Gasteiger partial charge in [0.25, 0.3) is 10.0 Å². The number of sulfonamides is 1. The van der Waals surface area contributed by atoms with E-state index >= 15 is 0 Å². The maximum absolute atomic E-state index is 12.8. The van der Waals surface area contributed by atoms with Crippen molar-refractivity contribution in [2.24, 2.45) is 5.92 Å². The third kappa shape index (κ3) is 4.70. The van der Waals surface area contributed by atoms with Crippen LogP contribution in [-0.4, -0.2) is 27.7 Å². The Morgan fingerprint density at radius 2 is 1.81 bits per heavy atom. The number of anilines is 2. The van der Waals surface area contributed by atoms with Crippen LogP contribution in [0.1, 0.15) is 13.8 Å². The summed E-state index contributed by atoms with van der Waals surface area (Å²) in [5.74, 6) is 0.0364. The normalized spacial score (nSPS) is 11.3. The zero-order valence-corrected chi connectivity index (χ0v) is 16.7. The number of ether oxygens (including phenoxy) is 1. The topological polar surface area (TPSA) is 84.5 Å². The Labute approximate surface area is 158 Å². The molecule has 2 N–H and O–H groups in total. The Morgan fingerprint density at radius 1 is 1.12 bits per heavy atom. The first-order chi connectivity index (χ1) is 12.3. The van der Waals surface area contributed by atoms with Crippen LogP contribution in [0, 0.1) is 5.92 Å². The molecule has 26 heavy (non-hydrogen) atoms. The molecule has 8 heteroatoms. The molecule has 0 heterocycles. The van der Waals surface area contributed by atoms with Crippen molar-refractivity contribution >= 4 is 39.1 Å². The summed E-state index contributed by atoms with van der Waals surface area (Å²) in [5, 5.41) is 2.78. The first-order valence-electron chi connectivity index (χ1n) is 7.93. The minimum Gasteiger partial charge on any atom is -0.495 e. The number of carbonyl (C=O) groups excluding carboxylic acids is 1. The van der Waals surface area contributed by atoms with E-state index in [9.17, 15) is 13.2 Å². The largest absolute Gasteiger partial charge is 0.495 e. The molecule has 0 bridgehead atoms. The van der Waals surface area contributed by atoms with Gasteiger partial charge in [-0.25, -0.2) is 8.42 Å². The monoisotopic (exact) mass is 394 g/mol.